The van der Waals surface area contributed by atoms with E-state index in [1.54, 1.807) is 12.4 Å². The van der Waals surface area contributed by atoms with Crippen molar-refractivity contribution in [2.24, 2.45) is 0 Å². The minimum atomic E-state index is -0.290. The van der Waals surface area contributed by atoms with Gasteiger partial charge >= 0.3 is 0 Å². The molecule has 29 heavy (non-hydrogen) atoms. The van der Waals surface area contributed by atoms with Gasteiger partial charge in [-0.15, -0.1) is 0 Å². The Bertz CT molecular complexity index is 1080. The van der Waals surface area contributed by atoms with E-state index in [1.807, 2.05) is 74.5 Å². The zero-order chi connectivity index (χ0) is 20.2. The Morgan fingerprint density at radius 1 is 1.10 bits per heavy atom. The molecule has 0 spiro atoms. The number of nitrogens with zero attached hydrogens (tertiary/aromatic N) is 1. The largest absolute Gasteiger partial charge is 0.494 e. The van der Waals surface area contributed by atoms with E-state index in [0.29, 0.717) is 12.3 Å². The molecule has 0 aliphatic rings. The zero-order valence-electron chi connectivity index (χ0n) is 16.5. The molecule has 0 saturated heterocycles. The third kappa shape index (κ3) is 3.85. The van der Waals surface area contributed by atoms with Gasteiger partial charge in [-0.2, -0.15) is 0 Å². The van der Waals surface area contributed by atoms with Gasteiger partial charge in [0.2, 0.25) is 0 Å². The minimum absolute atomic E-state index is 0.158. The maximum atomic E-state index is 13.2. The maximum Gasteiger partial charge on any atom is 0.268 e. The Kier molecular flexibility index (Phi) is 5.29. The van der Waals surface area contributed by atoms with Crippen LogP contribution < -0.4 is 10.1 Å². The second kappa shape index (κ2) is 8.19. The van der Waals surface area contributed by atoms with Gasteiger partial charge in [0.25, 0.3) is 5.91 Å². The smallest absolute Gasteiger partial charge is 0.268 e. The summed E-state index contributed by atoms with van der Waals surface area (Å²) >= 11 is 0. The molecular formula is C24H23N3O2. The summed E-state index contributed by atoms with van der Waals surface area (Å²) in [7, 11) is 0. The molecule has 4 rings (SSSR count). The first-order chi connectivity index (χ1) is 14.2. The highest BCUT2D eigenvalue weighted by atomic mass is 16.5. The van der Waals surface area contributed by atoms with Gasteiger partial charge in [-0.1, -0.05) is 36.4 Å². The second-order valence-electron chi connectivity index (χ2n) is 6.87. The number of nitrogens with one attached hydrogen (secondary N) is 2. The van der Waals surface area contributed by atoms with Crippen LogP contribution in [0, 0.1) is 6.92 Å². The summed E-state index contributed by atoms with van der Waals surface area (Å²) in [6.07, 6.45) is 3.51. The molecule has 0 radical (unpaired) electrons. The number of carbonyl (C=O) groups is 1. The number of H-pyrrole nitrogens is 1. The first-order valence-electron chi connectivity index (χ1n) is 9.68. The van der Waals surface area contributed by atoms with E-state index >= 15 is 0 Å². The molecule has 1 atom stereocenters. The highest BCUT2D eigenvalue weighted by Gasteiger charge is 2.21. The molecule has 146 valence electrons. The summed E-state index contributed by atoms with van der Waals surface area (Å²) in [6, 6.07) is 19.3. The van der Waals surface area contributed by atoms with Crippen molar-refractivity contribution in [2.45, 2.75) is 19.9 Å². The third-order valence-corrected chi connectivity index (χ3v) is 4.99. The van der Waals surface area contributed by atoms with E-state index in [9.17, 15) is 4.79 Å². The fraction of sp³-hybridized carbons (Fsp3) is 0.167. The molecule has 4 aromatic rings. The first-order valence-corrected chi connectivity index (χ1v) is 9.68. The van der Waals surface area contributed by atoms with Crippen LogP contribution in [-0.2, 0) is 0 Å². The topological polar surface area (TPSA) is 67.0 Å². The Hall–Kier alpha value is -3.60. The summed E-state index contributed by atoms with van der Waals surface area (Å²) in [5, 5.41) is 4.15. The van der Waals surface area contributed by atoms with E-state index in [0.717, 1.165) is 33.3 Å². The van der Waals surface area contributed by atoms with Crippen LogP contribution in [-0.4, -0.2) is 22.5 Å². The molecule has 1 amide bonds. The van der Waals surface area contributed by atoms with Crippen molar-refractivity contribution in [1.29, 1.82) is 0 Å². The Morgan fingerprint density at radius 3 is 2.62 bits per heavy atom. The number of hydrogen-bond acceptors (Lipinski definition) is 3. The van der Waals surface area contributed by atoms with Gasteiger partial charge in [-0.05, 0) is 54.8 Å². The van der Waals surface area contributed by atoms with Crippen LogP contribution in [0.1, 0.15) is 40.1 Å². The van der Waals surface area contributed by atoms with Gasteiger partial charge in [0.15, 0.2) is 0 Å². The predicted octanol–water partition coefficient (Wildman–Crippen LogP) is 4.79. The number of aryl methyl sites for hydroxylation is 1. The molecule has 2 aromatic carbocycles. The van der Waals surface area contributed by atoms with Gasteiger partial charge in [0, 0.05) is 23.3 Å². The average molecular weight is 385 g/mol. The number of pyridine rings is 1. The van der Waals surface area contributed by atoms with Crippen LogP contribution >= 0.6 is 0 Å². The molecule has 5 nitrogen and oxygen atoms in total. The second-order valence-corrected chi connectivity index (χ2v) is 6.87. The number of fused-ring (bicyclic) bond motifs is 1. The zero-order valence-corrected chi connectivity index (χ0v) is 16.5. The number of benzene rings is 2. The number of rotatable bonds is 6. The van der Waals surface area contributed by atoms with Gasteiger partial charge < -0.3 is 15.0 Å². The lowest BCUT2D eigenvalue weighted by molar-refractivity contribution is 0.0938. The molecule has 0 fully saturated rings. The molecule has 2 heterocycles. The van der Waals surface area contributed by atoms with Gasteiger partial charge in [-0.25, -0.2) is 0 Å². The first kappa shape index (κ1) is 18.7. The lowest BCUT2D eigenvalue weighted by Crippen LogP contribution is -2.30. The van der Waals surface area contributed by atoms with Gasteiger partial charge in [0.1, 0.15) is 11.4 Å². The summed E-state index contributed by atoms with van der Waals surface area (Å²) in [6.45, 7) is 4.51. The lowest BCUT2D eigenvalue weighted by atomic mass is 10.00. The SMILES string of the molecule is CCOc1ccc2[nH]c(C(=O)N[C@H](c3ccccc3)c3cccnc3)c(C)c2c1. The molecule has 0 unspecified atom stereocenters. The fourth-order valence-electron chi connectivity index (χ4n) is 3.54. The minimum Gasteiger partial charge on any atom is -0.494 e. The predicted molar refractivity (Wildman–Crippen MR) is 114 cm³/mol. The van der Waals surface area contributed by atoms with E-state index in [1.165, 1.54) is 0 Å². The number of ether oxygens (including phenoxy) is 1. The van der Waals surface area contributed by atoms with Crippen molar-refractivity contribution < 1.29 is 9.53 Å². The number of aromatic nitrogens is 2. The molecule has 0 saturated carbocycles. The van der Waals surface area contributed by atoms with E-state index in [4.69, 9.17) is 4.74 Å². The number of amides is 1. The van der Waals surface area contributed by atoms with E-state index < -0.39 is 0 Å². The molecule has 0 aliphatic heterocycles. The summed E-state index contributed by atoms with van der Waals surface area (Å²) < 4.78 is 5.60. The van der Waals surface area contributed by atoms with Crippen LogP contribution in [0.15, 0.2) is 73.1 Å². The number of carbonyl (C=O) groups excluding carboxylic acids is 1. The van der Waals surface area contributed by atoms with Gasteiger partial charge in [-0.3, -0.25) is 9.78 Å². The van der Waals surface area contributed by atoms with Crippen molar-refractivity contribution in [3.05, 3.63) is 95.4 Å². The Balaban J connectivity index is 1.68. The Labute approximate surface area is 169 Å². The highest BCUT2D eigenvalue weighted by molar-refractivity contribution is 6.01. The maximum absolute atomic E-state index is 13.2. The van der Waals surface area contributed by atoms with Crippen molar-refractivity contribution in [3.8, 4) is 5.75 Å². The quantitative estimate of drug-likeness (QED) is 0.501. The van der Waals surface area contributed by atoms with Crippen LogP contribution in [0.3, 0.4) is 0 Å². The highest BCUT2D eigenvalue weighted by Crippen LogP contribution is 2.27. The van der Waals surface area contributed by atoms with Crippen molar-refractivity contribution in [1.82, 2.24) is 15.3 Å². The molecule has 0 aliphatic carbocycles. The normalized spacial score (nSPS) is 11.9. The van der Waals surface area contributed by atoms with Crippen LogP contribution in [0.2, 0.25) is 0 Å². The Morgan fingerprint density at radius 2 is 1.90 bits per heavy atom. The number of aromatic amines is 1. The number of hydrogen-bond donors (Lipinski definition) is 2. The summed E-state index contributed by atoms with van der Waals surface area (Å²) in [5.74, 6) is 0.640. The average Bonchev–Trinajstić information content (AvgIpc) is 3.09. The lowest BCUT2D eigenvalue weighted by Gasteiger charge is -2.19. The van der Waals surface area contributed by atoms with Crippen molar-refractivity contribution in [2.75, 3.05) is 6.61 Å². The summed E-state index contributed by atoms with van der Waals surface area (Å²) in [4.78, 5) is 20.7. The molecule has 2 N–H and O–H groups in total. The van der Waals surface area contributed by atoms with Crippen LogP contribution in [0.4, 0.5) is 0 Å². The van der Waals surface area contributed by atoms with Gasteiger partial charge in [0.05, 0.1) is 12.6 Å². The van der Waals surface area contributed by atoms with E-state index in [-0.39, 0.29) is 11.9 Å². The molecular weight excluding hydrogens is 362 g/mol. The van der Waals surface area contributed by atoms with Crippen molar-refractivity contribution >= 4 is 16.8 Å². The fourth-order valence-corrected chi connectivity index (χ4v) is 3.54. The monoisotopic (exact) mass is 385 g/mol. The molecule has 0 bridgehead atoms. The molecule has 5 heteroatoms. The summed E-state index contributed by atoms with van der Waals surface area (Å²) in [5.41, 5.74) is 4.30. The van der Waals surface area contributed by atoms with Crippen molar-refractivity contribution in [3.63, 3.8) is 0 Å². The van der Waals surface area contributed by atoms with Crippen LogP contribution in [0.5, 0.6) is 5.75 Å². The molecule has 2 aromatic heterocycles. The third-order valence-electron chi connectivity index (χ3n) is 4.99. The van der Waals surface area contributed by atoms with E-state index in [2.05, 4.69) is 15.3 Å². The van der Waals surface area contributed by atoms with Crippen LogP contribution in [0.25, 0.3) is 10.9 Å². The standard InChI is InChI=1S/C24H23N3O2/c1-3-29-19-11-12-21-20(14-19)16(2)22(26-21)24(28)27-23(17-8-5-4-6-9-17)18-10-7-13-25-15-18/h4-15,23,26H,3H2,1-2H3,(H,27,28)/t23-/m1/s1.